The van der Waals surface area contributed by atoms with Crippen molar-refractivity contribution < 1.29 is 9.18 Å². The van der Waals surface area contributed by atoms with Gasteiger partial charge in [-0.25, -0.2) is 9.37 Å². The Morgan fingerprint density at radius 1 is 0.927 bits per heavy atom. The molecule has 1 aliphatic carbocycles. The second kappa shape index (κ2) is 10.2. The third-order valence-corrected chi connectivity index (χ3v) is 7.70. The number of nitrogens with one attached hydrogen (secondary N) is 3. The van der Waals surface area contributed by atoms with E-state index in [4.69, 9.17) is 4.98 Å². The van der Waals surface area contributed by atoms with E-state index < -0.39 is 0 Å². The first-order valence-electron chi connectivity index (χ1n) is 13.7. The first-order chi connectivity index (χ1) is 20.0. The Hall–Kier alpha value is -4.99. The molecule has 41 heavy (non-hydrogen) atoms. The molecule has 0 bridgehead atoms. The number of rotatable bonds is 5. The molecule has 5 heterocycles. The number of nitrogens with zero attached hydrogens (tertiary/aromatic N) is 5. The van der Waals surface area contributed by atoms with Gasteiger partial charge < -0.3 is 10.3 Å². The van der Waals surface area contributed by atoms with Crippen LogP contribution in [0.15, 0.2) is 61.3 Å². The lowest BCUT2D eigenvalue weighted by Crippen LogP contribution is -2.24. The minimum atomic E-state index is -0.307. The summed E-state index contributed by atoms with van der Waals surface area (Å²) < 4.78 is 14.2. The van der Waals surface area contributed by atoms with Gasteiger partial charge in [0.15, 0.2) is 5.82 Å². The van der Waals surface area contributed by atoms with Gasteiger partial charge in [0.05, 0.1) is 46.5 Å². The Bertz CT molecular complexity index is 1900. The molecule has 7 rings (SSSR count). The van der Waals surface area contributed by atoms with Crippen molar-refractivity contribution in [2.75, 3.05) is 5.32 Å². The van der Waals surface area contributed by atoms with Crippen LogP contribution in [-0.4, -0.2) is 41.0 Å². The van der Waals surface area contributed by atoms with Crippen molar-refractivity contribution in [2.45, 2.75) is 39.0 Å². The van der Waals surface area contributed by atoms with Crippen LogP contribution in [-0.2, 0) is 4.79 Å². The van der Waals surface area contributed by atoms with E-state index in [0.29, 0.717) is 34.0 Å². The number of aromatic nitrogens is 7. The fourth-order valence-electron chi connectivity index (χ4n) is 5.66. The highest BCUT2D eigenvalue weighted by molar-refractivity contribution is 5.98. The van der Waals surface area contributed by atoms with Crippen molar-refractivity contribution in [3.8, 4) is 33.9 Å². The third kappa shape index (κ3) is 4.82. The number of anilines is 1. The lowest BCUT2D eigenvalue weighted by Gasteiger charge is -2.20. The smallest absolute Gasteiger partial charge is 0.227 e. The highest BCUT2D eigenvalue weighted by Gasteiger charge is 2.22. The minimum absolute atomic E-state index is 0.0522. The summed E-state index contributed by atoms with van der Waals surface area (Å²) in [7, 11) is 0. The summed E-state index contributed by atoms with van der Waals surface area (Å²) in [6.07, 6.45) is 13.8. The number of amides is 1. The van der Waals surface area contributed by atoms with Crippen LogP contribution in [0, 0.1) is 18.7 Å². The molecule has 3 N–H and O–H groups in total. The fraction of sp³-hybridized carbons (Fsp3) is 0.226. The van der Waals surface area contributed by atoms with Crippen LogP contribution in [0.1, 0.15) is 37.7 Å². The summed E-state index contributed by atoms with van der Waals surface area (Å²) in [5, 5.41) is 11.4. The summed E-state index contributed by atoms with van der Waals surface area (Å²) in [6.45, 7) is 1.85. The average Bonchev–Trinajstić information content (AvgIpc) is 3.61. The first-order valence-corrected chi connectivity index (χ1v) is 13.7. The molecule has 0 atom stereocenters. The van der Waals surface area contributed by atoms with Gasteiger partial charge in [-0.15, -0.1) is 0 Å². The maximum Gasteiger partial charge on any atom is 0.227 e. The van der Waals surface area contributed by atoms with Gasteiger partial charge in [-0.3, -0.25) is 24.8 Å². The van der Waals surface area contributed by atoms with Gasteiger partial charge in [0.25, 0.3) is 0 Å². The Morgan fingerprint density at radius 2 is 1.78 bits per heavy atom. The topological polar surface area (TPSA) is 125 Å². The number of hydrogen-bond donors (Lipinski definition) is 3. The normalized spacial score (nSPS) is 14.1. The van der Waals surface area contributed by atoms with Crippen molar-refractivity contribution in [1.82, 2.24) is 35.1 Å². The Balaban J connectivity index is 1.23. The number of aryl methyl sites for hydroxylation is 1. The van der Waals surface area contributed by atoms with E-state index in [1.807, 2.05) is 25.1 Å². The predicted octanol–water partition coefficient (Wildman–Crippen LogP) is 6.59. The second-order valence-corrected chi connectivity index (χ2v) is 10.7. The van der Waals surface area contributed by atoms with Crippen LogP contribution >= 0.6 is 0 Å². The van der Waals surface area contributed by atoms with Gasteiger partial charge in [0, 0.05) is 34.8 Å². The van der Waals surface area contributed by atoms with E-state index >= 15 is 0 Å². The van der Waals surface area contributed by atoms with E-state index in [2.05, 4.69) is 35.5 Å². The summed E-state index contributed by atoms with van der Waals surface area (Å²) >= 11 is 0. The number of benzene rings is 1. The van der Waals surface area contributed by atoms with Crippen molar-refractivity contribution >= 4 is 33.5 Å². The molecule has 5 aromatic heterocycles. The lowest BCUT2D eigenvalue weighted by molar-refractivity contribution is -0.120. The quantitative estimate of drug-likeness (QED) is 0.224. The number of halogens is 1. The number of imidazole rings is 1. The van der Waals surface area contributed by atoms with Gasteiger partial charge >= 0.3 is 0 Å². The van der Waals surface area contributed by atoms with Crippen LogP contribution in [0.4, 0.5) is 10.1 Å². The molecule has 1 aromatic carbocycles. The third-order valence-electron chi connectivity index (χ3n) is 7.70. The van der Waals surface area contributed by atoms with E-state index in [0.717, 1.165) is 58.8 Å². The van der Waals surface area contributed by atoms with Crippen LogP contribution in [0.5, 0.6) is 0 Å². The number of fused-ring (bicyclic) bond motifs is 2. The van der Waals surface area contributed by atoms with Gasteiger partial charge in [0.1, 0.15) is 11.5 Å². The van der Waals surface area contributed by atoms with Gasteiger partial charge in [0.2, 0.25) is 5.91 Å². The van der Waals surface area contributed by atoms with E-state index in [9.17, 15) is 9.18 Å². The van der Waals surface area contributed by atoms with Gasteiger partial charge in [-0.2, -0.15) is 5.10 Å². The molecule has 0 saturated heterocycles. The van der Waals surface area contributed by atoms with E-state index in [1.54, 1.807) is 31.0 Å². The van der Waals surface area contributed by atoms with E-state index in [1.165, 1.54) is 18.6 Å². The molecule has 0 aliphatic heterocycles. The highest BCUT2D eigenvalue weighted by Crippen LogP contribution is 2.33. The molecule has 204 valence electrons. The molecular formula is C31H27FN8O. The zero-order chi connectivity index (χ0) is 27.9. The fourth-order valence-corrected chi connectivity index (χ4v) is 5.66. The van der Waals surface area contributed by atoms with Gasteiger partial charge in [-0.05, 0) is 55.2 Å². The second-order valence-electron chi connectivity index (χ2n) is 10.7. The molecule has 0 radical (unpaired) electrons. The number of H-pyrrole nitrogens is 2. The van der Waals surface area contributed by atoms with Crippen molar-refractivity contribution in [3.05, 3.63) is 72.7 Å². The van der Waals surface area contributed by atoms with E-state index in [-0.39, 0.29) is 17.6 Å². The van der Waals surface area contributed by atoms with Crippen LogP contribution in [0.2, 0.25) is 0 Å². The van der Waals surface area contributed by atoms with Crippen molar-refractivity contribution in [1.29, 1.82) is 0 Å². The van der Waals surface area contributed by atoms with Crippen molar-refractivity contribution in [2.24, 2.45) is 5.92 Å². The maximum absolute atomic E-state index is 14.2. The highest BCUT2D eigenvalue weighted by atomic mass is 19.1. The maximum atomic E-state index is 14.2. The number of carbonyl (C=O) groups excluding carboxylic acids is 1. The molecule has 6 aromatic rings. The summed E-state index contributed by atoms with van der Waals surface area (Å²) in [5.41, 5.74) is 7.14. The van der Waals surface area contributed by atoms with Crippen molar-refractivity contribution in [3.63, 3.8) is 0 Å². The monoisotopic (exact) mass is 546 g/mol. The Morgan fingerprint density at radius 3 is 2.63 bits per heavy atom. The van der Waals surface area contributed by atoms with Crippen LogP contribution < -0.4 is 5.32 Å². The summed E-state index contributed by atoms with van der Waals surface area (Å²) in [5.74, 6) is 0.353. The zero-order valence-corrected chi connectivity index (χ0v) is 22.4. The van der Waals surface area contributed by atoms with Crippen LogP contribution in [0.25, 0.3) is 55.8 Å². The Labute approximate surface area is 234 Å². The molecule has 1 amide bonds. The predicted molar refractivity (Wildman–Crippen MR) is 155 cm³/mol. The van der Waals surface area contributed by atoms with Gasteiger partial charge in [-0.1, -0.05) is 25.3 Å². The summed E-state index contributed by atoms with van der Waals surface area (Å²) in [6, 6.07) is 8.71. The number of carbonyl (C=O) groups is 1. The van der Waals surface area contributed by atoms with Crippen LogP contribution in [0.3, 0.4) is 0 Å². The molecule has 1 saturated carbocycles. The standard InChI is InChI=1S/C31H27FN8O/c1-17-7-19(9-21(32)8-17)24-14-34-15-27-28(24)38-30(37-27)29-23-11-25(35-16-26(23)39-40-29)20-10-22(13-33-12-20)36-31(41)18-5-3-2-4-6-18/h7-16,18H,2-6H2,1H3,(H,36,41)(H,37,38)(H,39,40). The summed E-state index contributed by atoms with van der Waals surface area (Å²) in [4.78, 5) is 34.3. The number of hydrogen-bond acceptors (Lipinski definition) is 6. The lowest BCUT2D eigenvalue weighted by atomic mass is 9.88. The molecule has 1 aliphatic rings. The average molecular weight is 547 g/mol. The molecule has 0 spiro atoms. The number of pyridine rings is 3. The SMILES string of the molecule is Cc1cc(F)cc(-c2cncc3[nH]c(-c4n[nH]c5cnc(-c6cncc(NC(=O)C7CCCCC7)c6)cc45)nc23)c1. The molecule has 10 heteroatoms. The Kier molecular flexibility index (Phi) is 6.22. The molecular weight excluding hydrogens is 519 g/mol. The largest absolute Gasteiger partial charge is 0.335 e. The molecule has 9 nitrogen and oxygen atoms in total. The molecule has 0 unspecified atom stereocenters. The zero-order valence-electron chi connectivity index (χ0n) is 22.4. The first kappa shape index (κ1) is 25.0. The molecule has 1 fully saturated rings. The minimum Gasteiger partial charge on any atom is -0.335 e. The number of aromatic amines is 2.